The lowest BCUT2D eigenvalue weighted by molar-refractivity contribution is 0.00871. The highest BCUT2D eigenvalue weighted by Gasteiger charge is 2.38. The maximum atomic E-state index is 13.2. The van der Waals surface area contributed by atoms with Gasteiger partial charge in [-0.3, -0.25) is 0 Å². The highest BCUT2D eigenvalue weighted by atomic mass is 19.1. The summed E-state index contributed by atoms with van der Waals surface area (Å²) in [5.74, 6) is 0. The van der Waals surface area contributed by atoms with E-state index in [1.54, 1.807) is 4.90 Å². The van der Waals surface area contributed by atoms with Crippen LogP contribution >= 0.6 is 0 Å². The van der Waals surface area contributed by atoms with E-state index >= 15 is 0 Å². The Morgan fingerprint density at radius 3 is 2.60 bits per heavy atom. The summed E-state index contributed by atoms with van der Waals surface area (Å²) in [6.45, 7) is 7.82. The topological polar surface area (TPSA) is 29.5 Å². The molecule has 0 aromatic rings. The van der Waals surface area contributed by atoms with Crippen LogP contribution in [0.1, 0.15) is 40.5 Å². The molecule has 0 radical (unpaired) electrons. The molecule has 0 N–H and O–H groups in total. The molecule has 88 valence electrons. The van der Waals surface area contributed by atoms with Crippen LogP contribution in [0.15, 0.2) is 0 Å². The summed E-state index contributed by atoms with van der Waals surface area (Å²) in [5.41, 5.74) is -0.441. The second-order valence-corrected chi connectivity index (χ2v) is 4.99. The summed E-state index contributed by atoms with van der Waals surface area (Å²) in [6, 6.07) is 0. The zero-order chi connectivity index (χ0) is 11.6. The largest absolute Gasteiger partial charge is 0.447 e. The van der Waals surface area contributed by atoms with Gasteiger partial charge in [0.05, 0.1) is 6.10 Å². The third kappa shape index (κ3) is 3.08. The van der Waals surface area contributed by atoms with Gasteiger partial charge in [-0.05, 0) is 34.1 Å². The fourth-order valence-corrected chi connectivity index (χ4v) is 1.93. The van der Waals surface area contributed by atoms with Gasteiger partial charge in [-0.15, -0.1) is 0 Å². The molecule has 3 nitrogen and oxygen atoms in total. The van der Waals surface area contributed by atoms with Crippen molar-refractivity contribution >= 4 is 6.09 Å². The first kappa shape index (κ1) is 12.3. The van der Waals surface area contributed by atoms with Gasteiger partial charge in [0.2, 0.25) is 0 Å². The molecule has 1 aliphatic rings. The first-order chi connectivity index (χ1) is 6.83. The summed E-state index contributed by atoms with van der Waals surface area (Å²) >= 11 is 0. The van der Waals surface area contributed by atoms with Crippen LogP contribution in [0.2, 0.25) is 0 Å². The van der Waals surface area contributed by atoms with Crippen molar-refractivity contribution in [1.82, 2.24) is 4.90 Å². The Labute approximate surface area is 90.6 Å². The lowest BCUT2D eigenvalue weighted by Crippen LogP contribution is -2.53. The van der Waals surface area contributed by atoms with E-state index in [-0.39, 0.29) is 12.2 Å². The van der Waals surface area contributed by atoms with Crippen molar-refractivity contribution in [3.63, 3.8) is 0 Å². The number of alkyl halides is 1. The number of ether oxygens (including phenoxy) is 1. The normalized spacial score (nSPS) is 25.5. The summed E-state index contributed by atoms with van der Waals surface area (Å²) < 4.78 is 18.3. The lowest BCUT2D eigenvalue weighted by atomic mass is 9.90. The minimum absolute atomic E-state index is 0.128. The Balaban J connectivity index is 2.64. The molecule has 1 heterocycles. The molecule has 0 spiro atoms. The molecule has 1 amide bonds. The molecule has 1 fully saturated rings. The van der Waals surface area contributed by atoms with Gasteiger partial charge in [-0.25, -0.2) is 9.18 Å². The molecule has 15 heavy (non-hydrogen) atoms. The maximum absolute atomic E-state index is 13.2. The summed E-state index contributed by atoms with van der Waals surface area (Å²) in [4.78, 5) is 13.3. The van der Waals surface area contributed by atoms with Crippen LogP contribution in [-0.4, -0.2) is 35.4 Å². The number of rotatable bonds is 1. The third-order valence-electron chi connectivity index (χ3n) is 2.67. The van der Waals surface area contributed by atoms with Gasteiger partial charge in [0, 0.05) is 18.5 Å². The van der Waals surface area contributed by atoms with Crippen LogP contribution in [0.5, 0.6) is 0 Å². The van der Waals surface area contributed by atoms with Crippen molar-refractivity contribution in [3.8, 4) is 0 Å². The standard InChI is InChI=1S/C11H20FNO2/c1-8(2)15-10(14)13-6-5-9(12)7-11(13,3)4/h8-9H,5-7H2,1-4H3. The monoisotopic (exact) mass is 217 g/mol. The predicted molar refractivity (Wildman–Crippen MR) is 56.5 cm³/mol. The minimum atomic E-state index is -0.803. The van der Waals surface area contributed by atoms with E-state index < -0.39 is 11.7 Å². The number of hydrogen-bond donors (Lipinski definition) is 0. The lowest BCUT2D eigenvalue weighted by Gasteiger charge is -2.42. The zero-order valence-corrected chi connectivity index (χ0v) is 9.92. The van der Waals surface area contributed by atoms with Crippen LogP contribution in [0.4, 0.5) is 9.18 Å². The molecular formula is C11H20FNO2. The Morgan fingerprint density at radius 1 is 1.53 bits per heavy atom. The van der Waals surface area contributed by atoms with E-state index in [0.717, 1.165) is 0 Å². The molecule has 1 unspecified atom stereocenters. The van der Waals surface area contributed by atoms with Gasteiger partial charge >= 0.3 is 6.09 Å². The number of nitrogens with zero attached hydrogens (tertiary/aromatic N) is 1. The fourth-order valence-electron chi connectivity index (χ4n) is 1.93. The van der Waals surface area contributed by atoms with E-state index in [4.69, 9.17) is 4.74 Å². The Hall–Kier alpha value is -0.800. The fraction of sp³-hybridized carbons (Fsp3) is 0.909. The van der Waals surface area contributed by atoms with Crippen LogP contribution in [0.25, 0.3) is 0 Å². The van der Waals surface area contributed by atoms with Gasteiger partial charge in [0.1, 0.15) is 6.17 Å². The number of piperidine rings is 1. The van der Waals surface area contributed by atoms with Crippen molar-refractivity contribution in [3.05, 3.63) is 0 Å². The summed E-state index contributed by atoms with van der Waals surface area (Å²) in [7, 11) is 0. The van der Waals surface area contributed by atoms with E-state index in [9.17, 15) is 9.18 Å². The number of likely N-dealkylation sites (tertiary alicyclic amines) is 1. The average molecular weight is 217 g/mol. The first-order valence-corrected chi connectivity index (χ1v) is 5.45. The Bertz CT molecular complexity index is 241. The SMILES string of the molecule is CC(C)OC(=O)N1CCC(F)CC1(C)C. The van der Waals surface area contributed by atoms with E-state index in [1.807, 2.05) is 27.7 Å². The Morgan fingerprint density at radius 2 is 2.13 bits per heavy atom. The van der Waals surface area contributed by atoms with Gasteiger partial charge in [0.15, 0.2) is 0 Å². The summed E-state index contributed by atoms with van der Waals surface area (Å²) in [6.07, 6.45) is -0.460. The smallest absolute Gasteiger partial charge is 0.410 e. The first-order valence-electron chi connectivity index (χ1n) is 5.45. The van der Waals surface area contributed by atoms with Crippen LogP contribution in [-0.2, 0) is 4.74 Å². The van der Waals surface area contributed by atoms with Crippen LogP contribution in [0.3, 0.4) is 0 Å². The number of amides is 1. The molecule has 1 aliphatic heterocycles. The van der Waals surface area contributed by atoms with Crippen LogP contribution < -0.4 is 0 Å². The molecule has 1 rings (SSSR count). The number of carbonyl (C=O) groups excluding carboxylic acids is 1. The molecule has 0 aromatic carbocycles. The van der Waals surface area contributed by atoms with Crippen molar-refractivity contribution in [2.24, 2.45) is 0 Å². The van der Waals surface area contributed by atoms with Gasteiger partial charge in [0.25, 0.3) is 0 Å². The van der Waals surface area contributed by atoms with Gasteiger partial charge < -0.3 is 9.64 Å². The van der Waals surface area contributed by atoms with E-state index in [1.165, 1.54) is 0 Å². The number of halogens is 1. The van der Waals surface area contributed by atoms with E-state index in [2.05, 4.69) is 0 Å². The van der Waals surface area contributed by atoms with Crippen molar-refractivity contribution < 1.29 is 13.9 Å². The second-order valence-electron chi connectivity index (χ2n) is 4.99. The molecular weight excluding hydrogens is 197 g/mol. The van der Waals surface area contributed by atoms with Crippen molar-refractivity contribution in [2.45, 2.75) is 58.4 Å². The molecule has 1 saturated heterocycles. The highest BCUT2D eigenvalue weighted by Crippen LogP contribution is 2.29. The molecule has 0 saturated carbocycles. The third-order valence-corrected chi connectivity index (χ3v) is 2.67. The van der Waals surface area contributed by atoms with Gasteiger partial charge in [-0.2, -0.15) is 0 Å². The molecule has 1 atom stereocenters. The number of carbonyl (C=O) groups is 1. The van der Waals surface area contributed by atoms with E-state index in [0.29, 0.717) is 19.4 Å². The molecule has 4 heteroatoms. The molecule has 0 bridgehead atoms. The second kappa shape index (κ2) is 4.37. The molecule has 0 aromatic heterocycles. The maximum Gasteiger partial charge on any atom is 0.410 e. The van der Waals surface area contributed by atoms with Crippen molar-refractivity contribution in [2.75, 3.05) is 6.54 Å². The van der Waals surface area contributed by atoms with Crippen LogP contribution in [0, 0.1) is 0 Å². The quantitative estimate of drug-likeness (QED) is 0.676. The van der Waals surface area contributed by atoms with Gasteiger partial charge in [-0.1, -0.05) is 0 Å². The Kier molecular flexibility index (Phi) is 3.58. The minimum Gasteiger partial charge on any atom is -0.447 e. The number of hydrogen-bond acceptors (Lipinski definition) is 2. The molecule has 0 aliphatic carbocycles. The van der Waals surface area contributed by atoms with Crippen molar-refractivity contribution in [1.29, 1.82) is 0 Å². The average Bonchev–Trinajstić information content (AvgIpc) is 1.99. The predicted octanol–water partition coefficient (Wildman–Crippen LogP) is 2.74. The summed E-state index contributed by atoms with van der Waals surface area (Å²) in [5, 5.41) is 0. The highest BCUT2D eigenvalue weighted by molar-refractivity contribution is 5.69. The zero-order valence-electron chi connectivity index (χ0n) is 9.92.